The third-order valence-corrected chi connectivity index (χ3v) is 5.49. The fourth-order valence-electron chi connectivity index (χ4n) is 2.91. The van der Waals surface area contributed by atoms with E-state index in [1.165, 1.54) is 30.6 Å². The zero-order valence-corrected chi connectivity index (χ0v) is 13.5. The van der Waals surface area contributed by atoms with Gasteiger partial charge in [-0.25, -0.2) is 4.98 Å². The predicted octanol–water partition coefficient (Wildman–Crippen LogP) is 3.01. The Balaban J connectivity index is 1.58. The van der Waals surface area contributed by atoms with Gasteiger partial charge in [0.15, 0.2) is 5.13 Å². The summed E-state index contributed by atoms with van der Waals surface area (Å²) >= 11 is 8.04. The molecule has 0 spiro atoms. The molecular formula is C14H22ClN3OS. The largest absolute Gasteiger partial charge is 0.377 e. The minimum absolute atomic E-state index is 0.393. The maximum atomic E-state index is 6.30. The van der Waals surface area contributed by atoms with Gasteiger partial charge in [0.05, 0.1) is 11.0 Å². The molecule has 0 saturated carbocycles. The smallest absolute Gasteiger partial charge is 0.187 e. The number of ether oxygens (including phenoxy) is 1. The molecule has 1 aromatic heterocycles. The Bertz CT molecular complexity index is 442. The predicted molar refractivity (Wildman–Crippen MR) is 83.9 cm³/mol. The van der Waals surface area contributed by atoms with E-state index in [2.05, 4.69) is 21.8 Å². The number of aromatic nitrogens is 1. The first-order valence-corrected chi connectivity index (χ1v) is 8.62. The summed E-state index contributed by atoms with van der Waals surface area (Å²) in [5.74, 6) is 0. The average molecular weight is 316 g/mol. The van der Waals surface area contributed by atoms with E-state index in [9.17, 15) is 0 Å². The zero-order valence-electron chi connectivity index (χ0n) is 12.0. The van der Waals surface area contributed by atoms with Gasteiger partial charge < -0.3 is 9.64 Å². The molecule has 0 amide bonds. The van der Waals surface area contributed by atoms with Crippen LogP contribution in [0.15, 0.2) is 0 Å². The van der Waals surface area contributed by atoms with Gasteiger partial charge in [-0.05, 0) is 32.7 Å². The third-order valence-electron chi connectivity index (χ3n) is 3.97. The summed E-state index contributed by atoms with van der Waals surface area (Å²) in [4.78, 5) is 10.3. The monoisotopic (exact) mass is 315 g/mol. The lowest BCUT2D eigenvalue weighted by atomic mass is 10.2. The van der Waals surface area contributed by atoms with Crippen molar-refractivity contribution in [2.75, 3.05) is 38.2 Å². The molecule has 3 rings (SSSR count). The van der Waals surface area contributed by atoms with Crippen LogP contribution in [-0.2, 0) is 11.3 Å². The van der Waals surface area contributed by atoms with Crippen molar-refractivity contribution in [3.05, 3.63) is 10.0 Å². The second kappa shape index (κ2) is 6.60. The molecule has 0 aromatic carbocycles. The van der Waals surface area contributed by atoms with Gasteiger partial charge in [-0.2, -0.15) is 0 Å². The third kappa shape index (κ3) is 3.45. The lowest BCUT2D eigenvalue weighted by molar-refractivity contribution is 0.0796. The Morgan fingerprint density at radius 3 is 2.90 bits per heavy atom. The van der Waals surface area contributed by atoms with Crippen LogP contribution in [0.25, 0.3) is 0 Å². The second-order valence-electron chi connectivity index (χ2n) is 5.74. The number of nitrogens with zero attached hydrogens (tertiary/aromatic N) is 3. The lowest BCUT2D eigenvalue weighted by Crippen LogP contribution is -2.28. The van der Waals surface area contributed by atoms with E-state index in [0.717, 1.165) is 37.9 Å². The Labute approximate surface area is 129 Å². The highest BCUT2D eigenvalue weighted by Crippen LogP contribution is 2.32. The SMILES string of the molecule is CN(Cc1sc(N2CCCC2)nc1Cl)C[C@@H]1CCCO1. The number of likely N-dealkylation sites (N-methyl/N-ethyl adjacent to an activating group) is 1. The van der Waals surface area contributed by atoms with Gasteiger partial charge in [0.1, 0.15) is 5.15 Å². The molecule has 6 heteroatoms. The topological polar surface area (TPSA) is 28.6 Å². The molecule has 1 atom stereocenters. The Hall–Kier alpha value is -0.360. The molecule has 2 fully saturated rings. The van der Waals surface area contributed by atoms with Gasteiger partial charge in [-0.15, -0.1) is 0 Å². The fourth-order valence-corrected chi connectivity index (χ4v) is 4.30. The molecule has 0 aliphatic carbocycles. The van der Waals surface area contributed by atoms with Crippen LogP contribution in [0.3, 0.4) is 0 Å². The summed E-state index contributed by atoms with van der Waals surface area (Å²) in [7, 11) is 2.13. The maximum absolute atomic E-state index is 6.30. The number of thiazole rings is 1. The van der Waals surface area contributed by atoms with Gasteiger partial charge in [-0.1, -0.05) is 22.9 Å². The number of hydrogen-bond acceptors (Lipinski definition) is 5. The highest BCUT2D eigenvalue weighted by Gasteiger charge is 2.21. The van der Waals surface area contributed by atoms with Crippen LogP contribution in [-0.4, -0.2) is 49.3 Å². The Morgan fingerprint density at radius 1 is 1.40 bits per heavy atom. The van der Waals surface area contributed by atoms with Crippen LogP contribution < -0.4 is 4.90 Å². The van der Waals surface area contributed by atoms with Crippen molar-refractivity contribution in [2.24, 2.45) is 0 Å². The van der Waals surface area contributed by atoms with E-state index in [4.69, 9.17) is 16.3 Å². The van der Waals surface area contributed by atoms with Crippen LogP contribution in [0.1, 0.15) is 30.6 Å². The van der Waals surface area contributed by atoms with E-state index in [1.54, 1.807) is 11.3 Å². The quantitative estimate of drug-likeness (QED) is 0.835. The Kier molecular flexibility index (Phi) is 4.81. The standard InChI is InChI=1S/C14H22ClN3OS/c1-17(9-11-5-4-8-19-11)10-12-13(15)16-14(20-12)18-6-2-3-7-18/h11H,2-10H2,1H3/t11-/m0/s1. The van der Waals surface area contributed by atoms with Crippen LogP contribution in [0.5, 0.6) is 0 Å². The van der Waals surface area contributed by atoms with Crippen molar-refractivity contribution >= 4 is 28.1 Å². The minimum atomic E-state index is 0.393. The summed E-state index contributed by atoms with van der Waals surface area (Å²) in [6, 6.07) is 0. The molecule has 0 unspecified atom stereocenters. The first kappa shape index (κ1) is 14.6. The summed E-state index contributed by atoms with van der Waals surface area (Å²) in [5.41, 5.74) is 0. The summed E-state index contributed by atoms with van der Waals surface area (Å²) in [6.07, 6.45) is 5.31. The fraction of sp³-hybridized carbons (Fsp3) is 0.786. The van der Waals surface area contributed by atoms with Gasteiger partial charge in [0.2, 0.25) is 0 Å². The van der Waals surface area contributed by atoms with Crippen molar-refractivity contribution in [1.82, 2.24) is 9.88 Å². The van der Waals surface area contributed by atoms with Gasteiger partial charge in [0, 0.05) is 32.8 Å². The average Bonchev–Trinajstić information content (AvgIpc) is 3.12. The van der Waals surface area contributed by atoms with E-state index in [1.807, 2.05) is 0 Å². The number of halogens is 1. The van der Waals surface area contributed by atoms with Crippen LogP contribution in [0.4, 0.5) is 5.13 Å². The molecule has 1 aromatic rings. The molecule has 2 aliphatic heterocycles. The van der Waals surface area contributed by atoms with Crippen LogP contribution >= 0.6 is 22.9 Å². The van der Waals surface area contributed by atoms with E-state index >= 15 is 0 Å². The zero-order chi connectivity index (χ0) is 13.9. The Morgan fingerprint density at radius 2 is 2.20 bits per heavy atom. The highest BCUT2D eigenvalue weighted by molar-refractivity contribution is 7.16. The van der Waals surface area contributed by atoms with Gasteiger partial charge in [-0.3, -0.25) is 4.90 Å². The number of rotatable bonds is 5. The minimum Gasteiger partial charge on any atom is -0.377 e. The molecule has 3 heterocycles. The van der Waals surface area contributed by atoms with Crippen molar-refractivity contribution in [1.29, 1.82) is 0 Å². The molecule has 2 saturated heterocycles. The molecule has 0 bridgehead atoms. The van der Waals surface area contributed by atoms with Gasteiger partial charge in [0.25, 0.3) is 0 Å². The first-order chi connectivity index (χ1) is 9.72. The highest BCUT2D eigenvalue weighted by atomic mass is 35.5. The molecule has 4 nitrogen and oxygen atoms in total. The second-order valence-corrected chi connectivity index (χ2v) is 7.16. The normalized spacial score (nSPS) is 23.1. The van der Waals surface area contributed by atoms with Crippen LogP contribution in [0, 0.1) is 0 Å². The summed E-state index contributed by atoms with van der Waals surface area (Å²) < 4.78 is 5.68. The van der Waals surface area contributed by atoms with Crippen molar-refractivity contribution in [2.45, 2.75) is 38.3 Å². The van der Waals surface area contributed by atoms with Gasteiger partial charge >= 0.3 is 0 Å². The maximum Gasteiger partial charge on any atom is 0.187 e. The molecule has 0 N–H and O–H groups in total. The van der Waals surface area contributed by atoms with Crippen LogP contribution in [0.2, 0.25) is 5.15 Å². The van der Waals surface area contributed by atoms with Crippen molar-refractivity contribution in [3.8, 4) is 0 Å². The molecule has 112 valence electrons. The molecular weight excluding hydrogens is 294 g/mol. The van der Waals surface area contributed by atoms with E-state index < -0.39 is 0 Å². The summed E-state index contributed by atoms with van der Waals surface area (Å²) in [5, 5.41) is 1.77. The number of hydrogen-bond donors (Lipinski definition) is 0. The van der Waals surface area contributed by atoms with Crippen molar-refractivity contribution < 1.29 is 4.74 Å². The summed E-state index contributed by atoms with van der Waals surface area (Å²) in [6.45, 7) is 5.00. The van der Waals surface area contributed by atoms with E-state index in [0.29, 0.717) is 11.3 Å². The molecule has 2 aliphatic rings. The van der Waals surface area contributed by atoms with Crippen molar-refractivity contribution in [3.63, 3.8) is 0 Å². The van der Waals surface area contributed by atoms with E-state index in [-0.39, 0.29) is 0 Å². The molecule has 0 radical (unpaired) electrons. The number of anilines is 1. The first-order valence-electron chi connectivity index (χ1n) is 7.42. The lowest BCUT2D eigenvalue weighted by Gasteiger charge is -2.19. The molecule has 20 heavy (non-hydrogen) atoms.